The summed E-state index contributed by atoms with van der Waals surface area (Å²) in [7, 11) is 1.72. The van der Waals surface area contributed by atoms with E-state index in [2.05, 4.69) is 11.6 Å². The first-order valence-electron chi connectivity index (χ1n) is 5.36. The molecular weight excluding hydrogens is 216 g/mol. The van der Waals surface area contributed by atoms with Crippen molar-refractivity contribution in [3.8, 4) is 5.75 Å². The normalized spacial score (nSPS) is 14.7. The van der Waals surface area contributed by atoms with Crippen molar-refractivity contribution in [2.24, 2.45) is 0 Å². The van der Waals surface area contributed by atoms with E-state index in [9.17, 15) is 4.79 Å². The number of hydrogen-bond donors (Lipinski definition) is 0. The molecule has 0 aliphatic carbocycles. The summed E-state index contributed by atoms with van der Waals surface area (Å²) in [4.78, 5) is 17.3. The Morgan fingerprint density at radius 2 is 2.35 bits per heavy atom. The molecule has 4 nitrogen and oxygen atoms in total. The van der Waals surface area contributed by atoms with Gasteiger partial charge in [0.15, 0.2) is 12.4 Å². The van der Waals surface area contributed by atoms with Gasteiger partial charge >= 0.3 is 0 Å². The Labute approximate surface area is 100 Å². The van der Waals surface area contributed by atoms with Gasteiger partial charge in [0, 0.05) is 12.6 Å². The number of likely N-dealkylation sites (N-methyl/N-ethyl adjacent to an activating group) is 1. The van der Waals surface area contributed by atoms with Crippen molar-refractivity contribution in [3.05, 3.63) is 30.1 Å². The third-order valence-electron chi connectivity index (χ3n) is 2.68. The molecule has 0 spiro atoms. The Bertz CT molecular complexity index is 506. The molecule has 2 rings (SSSR count). The molecule has 4 heteroatoms. The van der Waals surface area contributed by atoms with Crippen molar-refractivity contribution in [2.45, 2.75) is 6.92 Å². The van der Waals surface area contributed by atoms with E-state index in [1.807, 2.05) is 19.1 Å². The highest BCUT2D eigenvalue weighted by molar-refractivity contribution is 5.98. The zero-order valence-corrected chi connectivity index (χ0v) is 9.93. The molecule has 0 aromatic carbocycles. The molecule has 17 heavy (non-hydrogen) atoms. The van der Waals surface area contributed by atoms with Crippen molar-refractivity contribution < 1.29 is 9.53 Å². The fourth-order valence-corrected chi connectivity index (χ4v) is 1.76. The van der Waals surface area contributed by atoms with E-state index in [1.165, 1.54) is 0 Å². The molecule has 1 aromatic heterocycles. The Balaban J connectivity index is 2.64. The van der Waals surface area contributed by atoms with Gasteiger partial charge in [-0.2, -0.15) is 0 Å². The highest BCUT2D eigenvalue weighted by atomic mass is 16.5. The quantitative estimate of drug-likeness (QED) is 0.781. The molecule has 1 aliphatic heterocycles. The van der Waals surface area contributed by atoms with Crippen LogP contribution in [0, 0.1) is 0 Å². The van der Waals surface area contributed by atoms with Crippen molar-refractivity contribution in [1.29, 1.82) is 0 Å². The van der Waals surface area contributed by atoms with Crippen LogP contribution in [0.25, 0.3) is 12.2 Å². The molecule has 0 bridgehead atoms. The van der Waals surface area contributed by atoms with E-state index in [1.54, 1.807) is 24.2 Å². The second kappa shape index (κ2) is 4.41. The van der Waals surface area contributed by atoms with Crippen LogP contribution in [-0.4, -0.2) is 24.5 Å². The van der Waals surface area contributed by atoms with Crippen LogP contribution in [0.3, 0.4) is 0 Å². The van der Waals surface area contributed by atoms with Crippen molar-refractivity contribution in [2.75, 3.05) is 18.6 Å². The first kappa shape index (κ1) is 11.4. The predicted molar refractivity (Wildman–Crippen MR) is 67.9 cm³/mol. The van der Waals surface area contributed by atoms with Gasteiger partial charge in [-0.05, 0) is 13.0 Å². The topological polar surface area (TPSA) is 42.4 Å². The number of carbonyl (C=O) groups excluding carboxylic acids is 1. The second-order valence-corrected chi connectivity index (χ2v) is 3.72. The van der Waals surface area contributed by atoms with Gasteiger partial charge in [0.1, 0.15) is 5.69 Å². The summed E-state index contributed by atoms with van der Waals surface area (Å²) >= 11 is 0. The van der Waals surface area contributed by atoms with Crippen molar-refractivity contribution in [3.63, 3.8) is 0 Å². The second-order valence-electron chi connectivity index (χ2n) is 3.72. The third-order valence-corrected chi connectivity index (χ3v) is 2.68. The molecule has 1 aromatic rings. The number of aromatic nitrogens is 1. The molecule has 0 saturated carbocycles. The minimum absolute atomic E-state index is 0.0641. The van der Waals surface area contributed by atoms with Gasteiger partial charge in [-0.25, -0.2) is 0 Å². The average molecular weight is 230 g/mol. The Morgan fingerprint density at radius 1 is 1.59 bits per heavy atom. The predicted octanol–water partition coefficient (Wildman–Crippen LogP) is 2.11. The van der Waals surface area contributed by atoms with E-state index in [-0.39, 0.29) is 12.5 Å². The number of allylic oxidation sites excluding steroid dienone is 1. The zero-order chi connectivity index (χ0) is 12.4. The number of anilines is 1. The summed E-state index contributed by atoms with van der Waals surface area (Å²) in [5.74, 6) is 0.618. The van der Waals surface area contributed by atoms with E-state index in [4.69, 9.17) is 4.74 Å². The monoisotopic (exact) mass is 230 g/mol. The fraction of sp³-hybridized carbons (Fsp3) is 0.231. The van der Waals surface area contributed by atoms with Gasteiger partial charge in [0.05, 0.1) is 11.9 Å². The van der Waals surface area contributed by atoms with Crippen LogP contribution in [-0.2, 0) is 4.79 Å². The minimum Gasteiger partial charge on any atom is -0.481 e. The SMILES string of the molecule is C=Cc1ncc2c(c1C=CC)OCC(=O)N2C. The lowest BCUT2D eigenvalue weighted by atomic mass is 10.1. The molecule has 1 amide bonds. The number of fused-ring (bicyclic) bond motifs is 1. The molecular formula is C13H14N2O2. The summed E-state index contributed by atoms with van der Waals surface area (Å²) in [5, 5.41) is 0. The maximum Gasteiger partial charge on any atom is 0.264 e. The number of ether oxygens (including phenoxy) is 1. The smallest absolute Gasteiger partial charge is 0.264 e. The number of carbonyl (C=O) groups is 1. The van der Waals surface area contributed by atoms with Crippen LogP contribution >= 0.6 is 0 Å². The van der Waals surface area contributed by atoms with Crippen LogP contribution in [0.4, 0.5) is 5.69 Å². The van der Waals surface area contributed by atoms with Crippen molar-refractivity contribution in [1.82, 2.24) is 4.98 Å². The molecule has 0 fully saturated rings. The van der Waals surface area contributed by atoms with E-state index in [0.717, 1.165) is 11.3 Å². The van der Waals surface area contributed by atoms with Crippen LogP contribution in [0.5, 0.6) is 5.75 Å². The minimum atomic E-state index is -0.0721. The zero-order valence-electron chi connectivity index (χ0n) is 9.93. The van der Waals surface area contributed by atoms with Gasteiger partial charge in [-0.1, -0.05) is 18.7 Å². The van der Waals surface area contributed by atoms with E-state index >= 15 is 0 Å². The first-order chi connectivity index (χ1) is 8.19. The van der Waals surface area contributed by atoms with Crippen molar-refractivity contribution >= 4 is 23.7 Å². The molecule has 0 saturated heterocycles. The highest BCUT2D eigenvalue weighted by Gasteiger charge is 2.25. The molecule has 0 atom stereocenters. The summed E-state index contributed by atoms with van der Waals surface area (Å²) in [6.07, 6.45) is 7.13. The lowest BCUT2D eigenvalue weighted by Gasteiger charge is -2.27. The maximum atomic E-state index is 11.5. The number of nitrogens with zero attached hydrogens (tertiary/aromatic N) is 2. The van der Waals surface area contributed by atoms with Gasteiger partial charge < -0.3 is 9.64 Å². The largest absolute Gasteiger partial charge is 0.481 e. The third kappa shape index (κ3) is 1.82. The average Bonchev–Trinajstić information content (AvgIpc) is 2.34. The number of hydrogen-bond acceptors (Lipinski definition) is 3. The summed E-state index contributed by atoms with van der Waals surface area (Å²) in [5.41, 5.74) is 2.31. The highest BCUT2D eigenvalue weighted by Crippen LogP contribution is 2.36. The van der Waals surface area contributed by atoms with Crippen LogP contribution in [0.2, 0.25) is 0 Å². The molecule has 2 heterocycles. The first-order valence-corrected chi connectivity index (χ1v) is 5.36. The lowest BCUT2D eigenvalue weighted by molar-refractivity contribution is -0.121. The van der Waals surface area contributed by atoms with E-state index < -0.39 is 0 Å². The van der Waals surface area contributed by atoms with Crippen LogP contribution < -0.4 is 9.64 Å². The molecule has 0 unspecified atom stereocenters. The van der Waals surface area contributed by atoms with Gasteiger partial charge in [0.25, 0.3) is 5.91 Å². The summed E-state index contributed by atoms with van der Waals surface area (Å²) < 4.78 is 5.50. The standard InChI is InChI=1S/C13H14N2O2/c1-4-6-9-10(5-2)14-7-11-13(9)17-8-12(16)15(11)3/h4-7H,2,8H2,1,3H3. The Hall–Kier alpha value is -2.10. The summed E-state index contributed by atoms with van der Waals surface area (Å²) in [6.45, 7) is 5.71. The van der Waals surface area contributed by atoms with Gasteiger partial charge in [0.2, 0.25) is 0 Å². The maximum absolute atomic E-state index is 11.5. The fourth-order valence-electron chi connectivity index (χ4n) is 1.76. The molecule has 1 aliphatic rings. The van der Waals surface area contributed by atoms with Gasteiger partial charge in [-0.15, -0.1) is 0 Å². The van der Waals surface area contributed by atoms with Crippen LogP contribution in [0.1, 0.15) is 18.2 Å². The molecule has 0 radical (unpaired) electrons. The Kier molecular flexibility index (Phi) is 2.95. The van der Waals surface area contributed by atoms with E-state index in [0.29, 0.717) is 11.4 Å². The molecule has 0 N–H and O–H groups in total. The Morgan fingerprint density at radius 3 is 3.00 bits per heavy atom. The van der Waals surface area contributed by atoms with Crippen LogP contribution in [0.15, 0.2) is 18.9 Å². The number of pyridine rings is 1. The molecule has 88 valence electrons. The number of amides is 1. The summed E-state index contributed by atoms with van der Waals surface area (Å²) in [6, 6.07) is 0. The lowest BCUT2D eigenvalue weighted by Crippen LogP contribution is -2.36. The van der Waals surface area contributed by atoms with Gasteiger partial charge in [-0.3, -0.25) is 9.78 Å². The number of rotatable bonds is 2.